The van der Waals surface area contributed by atoms with Gasteiger partial charge in [0, 0.05) is 18.3 Å². The molecular weight excluding hydrogens is 388 g/mol. The molecular formula is C22H28N2O4S. The Bertz CT molecular complexity index is 942. The summed E-state index contributed by atoms with van der Waals surface area (Å²) in [5.41, 5.74) is 1.59. The molecule has 0 spiro atoms. The van der Waals surface area contributed by atoms with E-state index in [0.29, 0.717) is 18.0 Å². The van der Waals surface area contributed by atoms with Crippen molar-refractivity contribution >= 4 is 21.6 Å². The van der Waals surface area contributed by atoms with Crippen molar-refractivity contribution in [2.45, 2.75) is 50.5 Å². The summed E-state index contributed by atoms with van der Waals surface area (Å²) in [6.45, 7) is 4.43. The Hall–Kier alpha value is -2.38. The molecule has 0 aromatic heterocycles. The summed E-state index contributed by atoms with van der Waals surface area (Å²) in [7, 11) is -3.52. The number of hydrogen-bond donors (Lipinski definition) is 1. The molecule has 1 aliphatic rings. The summed E-state index contributed by atoms with van der Waals surface area (Å²) in [5, 5.41) is 2.73. The predicted molar refractivity (Wildman–Crippen MR) is 114 cm³/mol. The predicted octanol–water partition coefficient (Wildman–Crippen LogP) is 3.97. The maximum Gasteiger partial charge on any atom is 0.262 e. The number of aryl methyl sites for hydroxylation is 1. The summed E-state index contributed by atoms with van der Waals surface area (Å²) < 4.78 is 33.1. The third-order valence-electron chi connectivity index (χ3n) is 5.15. The summed E-state index contributed by atoms with van der Waals surface area (Å²) in [4.78, 5) is 12.4. The number of rotatable bonds is 7. The van der Waals surface area contributed by atoms with E-state index < -0.39 is 10.0 Å². The minimum atomic E-state index is -3.52. The van der Waals surface area contributed by atoms with Gasteiger partial charge in [0.05, 0.1) is 4.90 Å². The minimum Gasteiger partial charge on any atom is -0.484 e. The Morgan fingerprint density at radius 2 is 1.93 bits per heavy atom. The molecule has 156 valence electrons. The van der Waals surface area contributed by atoms with Gasteiger partial charge < -0.3 is 10.1 Å². The van der Waals surface area contributed by atoms with Crippen molar-refractivity contribution in [2.75, 3.05) is 18.5 Å². The topological polar surface area (TPSA) is 75.7 Å². The van der Waals surface area contributed by atoms with Crippen LogP contribution in [0.15, 0.2) is 53.4 Å². The first kappa shape index (κ1) is 21.3. The highest BCUT2D eigenvalue weighted by Gasteiger charge is 2.32. The number of carbonyl (C=O) groups excluding carboxylic acids is 1. The van der Waals surface area contributed by atoms with Crippen molar-refractivity contribution in [1.82, 2.24) is 4.31 Å². The molecule has 1 amide bonds. The van der Waals surface area contributed by atoms with Gasteiger partial charge in [-0.15, -0.1) is 0 Å². The zero-order valence-corrected chi connectivity index (χ0v) is 17.7. The molecule has 1 saturated heterocycles. The van der Waals surface area contributed by atoms with Crippen molar-refractivity contribution < 1.29 is 17.9 Å². The lowest BCUT2D eigenvalue weighted by molar-refractivity contribution is -0.118. The molecule has 2 aromatic carbocycles. The lowest BCUT2D eigenvalue weighted by Crippen LogP contribution is -2.43. The van der Waals surface area contributed by atoms with Gasteiger partial charge in [-0.3, -0.25) is 4.79 Å². The Balaban J connectivity index is 1.61. The Kier molecular flexibility index (Phi) is 6.92. The fourth-order valence-electron chi connectivity index (χ4n) is 3.60. The van der Waals surface area contributed by atoms with Crippen LogP contribution in [0.3, 0.4) is 0 Å². The third kappa shape index (κ3) is 5.36. The first-order valence-corrected chi connectivity index (χ1v) is 11.5. The van der Waals surface area contributed by atoms with E-state index in [1.807, 2.05) is 32.0 Å². The highest BCUT2D eigenvalue weighted by molar-refractivity contribution is 7.89. The molecule has 2 aromatic rings. The molecule has 1 atom stereocenters. The number of piperidine rings is 1. The van der Waals surface area contributed by atoms with Crippen molar-refractivity contribution in [2.24, 2.45) is 0 Å². The molecule has 3 rings (SSSR count). The Labute approximate surface area is 172 Å². The first-order valence-electron chi connectivity index (χ1n) is 10.0. The van der Waals surface area contributed by atoms with Crippen LogP contribution in [0.4, 0.5) is 5.69 Å². The lowest BCUT2D eigenvalue weighted by Gasteiger charge is -2.34. The molecule has 0 aliphatic carbocycles. The molecule has 0 saturated carbocycles. The van der Waals surface area contributed by atoms with Gasteiger partial charge >= 0.3 is 0 Å². The minimum absolute atomic E-state index is 0.0619. The number of benzene rings is 2. The van der Waals surface area contributed by atoms with Crippen LogP contribution in [0.1, 0.15) is 38.2 Å². The number of hydrogen-bond acceptors (Lipinski definition) is 4. The summed E-state index contributed by atoms with van der Waals surface area (Å²) in [6, 6.07) is 13.9. The SMILES string of the molecule is CCC1CCCCN1S(=O)(=O)c1ccc(NC(=O)COc2cccc(C)c2)cc1. The van der Waals surface area contributed by atoms with E-state index in [-0.39, 0.29) is 23.5 Å². The highest BCUT2D eigenvalue weighted by atomic mass is 32.2. The van der Waals surface area contributed by atoms with Crippen molar-refractivity contribution in [3.05, 3.63) is 54.1 Å². The van der Waals surface area contributed by atoms with Gasteiger partial charge in [-0.2, -0.15) is 4.31 Å². The van der Waals surface area contributed by atoms with Gasteiger partial charge in [-0.1, -0.05) is 25.5 Å². The number of carbonyl (C=O) groups is 1. The monoisotopic (exact) mass is 416 g/mol. The van der Waals surface area contributed by atoms with E-state index in [9.17, 15) is 13.2 Å². The average molecular weight is 417 g/mol. The van der Waals surface area contributed by atoms with Gasteiger partial charge in [-0.05, 0) is 68.1 Å². The molecule has 1 N–H and O–H groups in total. The molecule has 1 heterocycles. The number of nitrogens with one attached hydrogen (secondary N) is 1. The number of anilines is 1. The van der Waals surface area contributed by atoms with E-state index in [1.165, 1.54) is 0 Å². The molecule has 0 radical (unpaired) electrons. The van der Waals surface area contributed by atoms with E-state index in [2.05, 4.69) is 5.32 Å². The zero-order valence-electron chi connectivity index (χ0n) is 16.9. The molecule has 1 aliphatic heterocycles. The van der Waals surface area contributed by atoms with E-state index in [1.54, 1.807) is 34.6 Å². The average Bonchev–Trinajstić information content (AvgIpc) is 2.72. The second-order valence-corrected chi connectivity index (χ2v) is 9.24. The van der Waals surface area contributed by atoms with Crippen LogP contribution in [0.5, 0.6) is 5.75 Å². The molecule has 1 fully saturated rings. The summed E-state index contributed by atoms with van der Waals surface area (Å²) >= 11 is 0. The molecule has 0 bridgehead atoms. The second-order valence-electron chi connectivity index (χ2n) is 7.35. The van der Waals surface area contributed by atoms with E-state index >= 15 is 0 Å². The van der Waals surface area contributed by atoms with Crippen LogP contribution in [-0.2, 0) is 14.8 Å². The maximum atomic E-state index is 13.0. The second kappa shape index (κ2) is 9.41. The molecule has 7 heteroatoms. The lowest BCUT2D eigenvalue weighted by atomic mass is 10.0. The van der Waals surface area contributed by atoms with Crippen LogP contribution in [0, 0.1) is 6.92 Å². The van der Waals surface area contributed by atoms with Crippen LogP contribution >= 0.6 is 0 Å². The molecule has 1 unspecified atom stereocenters. The standard InChI is InChI=1S/C22H28N2O4S/c1-3-19-8-4-5-14-24(19)29(26,27)21-12-10-18(11-13-21)23-22(25)16-28-20-9-6-7-17(2)15-20/h6-7,9-13,15,19H,3-5,8,14,16H2,1-2H3,(H,23,25). The normalized spacial score (nSPS) is 17.7. The smallest absolute Gasteiger partial charge is 0.262 e. The fourth-order valence-corrected chi connectivity index (χ4v) is 5.36. The van der Waals surface area contributed by atoms with E-state index in [0.717, 1.165) is 31.2 Å². The van der Waals surface area contributed by atoms with Crippen LogP contribution < -0.4 is 10.1 Å². The van der Waals surface area contributed by atoms with Crippen LogP contribution in [-0.4, -0.2) is 37.8 Å². The zero-order chi connectivity index (χ0) is 20.9. The number of ether oxygens (including phenoxy) is 1. The van der Waals surface area contributed by atoms with Crippen molar-refractivity contribution in [3.8, 4) is 5.75 Å². The number of nitrogens with zero attached hydrogens (tertiary/aromatic N) is 1. The molecule has 29 heavy (non-hydrogen) atoms. The quantitative estimate of drug-likeness (QED) is 0.741. The first-order chi connectivity index (χ1) is 13.9. The van der Waals surface area contributed by atoms with Gasteiger partial charge in [0.2, 0.25) is 10.0 Å². The maximum absolute atomic E-state index is 13.0. The Morgan fingerprint density at radius 1 is 1.17 bits per heavy atom. The largest absolute Gasteiger partial charge is 0.484 e. The number of amides is 1. The van der Waals surface area contributed by atoms with Gasteiger partial charge in [0.15, 0.2) is 6.61 Å². The van der Waals surface area contributed by atoms with Gasteiger partial charge in [-0.25, -0.2) is 8.42 Å². The number of sulfonamides is 1. The van der Waals surface area contributed by atoms with Gasteiger partial charge in [0.1, 0.15) is 5.75 Å². The third-order valence-corrected chi connectivity index (χ3v) is 7.11. The van der Waals surface area contributed by atoms with Gasteiger partial charge in [0.25, 0.3) is 5.91 Å². The highest BCUT2D eigenvalue weighted by Crippen LogP contribution is 2.27. The van der Waals surface area contributed by atoms with Crippen molar-refractivity contribution in [3.63, 3.8) is 0 Å². The molecule has 6 nitrogen and oxygen atoms in total. The van der Waals surface area contributed by atoms with Crippen LogP contribution in [0.2, 0.25) is 0 Å². The van der Waals surface area contributed by atoms with Crippen LogP contribution in [0.25, 0.3) is 0 Å². The van der Waals surface area contributed by atoms with E-state index in [4.69, 9.17) is 4.74 Å². The summed E-state index contributed by atoms with van der Waals surface area (Å²) in [6.07, 6.45) is 3.68. The summed E-state index contributed by atoms with van der Waals surface area (Å²) in [5.74, 6) is 0.331. The fraction of sp³-hybridized carbons (Fsp3) is 0.409. The van der Waals surface area contributed by atoms with Crippen molar-refractivity contribution in [1.29, 1.82) is 0 Å². The Morgan fingerprint density at radius 3 is 2.62 bits per heavy atom.